The third kappa shape index (κ3) is 6.38. The van der Waals surface area contributed by atoms with E-state index in [1.54, 1.807) is 27.7 Å². The van der Waals surface area contributed by atoms with Crippen LogP contribution in [0, 0.1) is 29.1 Å². The maximum atomic E-state index is 13.0. The van der Waals surface area contributed by atoms with Crippen molar-refractivity contribution < 1.29 is 27.5 Å². The molecule has 4 saturated carbocycles. The largest absolute Gasteiger partial charge is 0.454 e. The molecule has 0 spiro atoms. The average Bonchev–Trinajstić information content (AvgIpc) is 2.90. The molecular weight excluding hydrogens is 530 g/mol. The lowest BCUT2D eigenvalue weighted by Crippen LogP contribution is -2.56. The molecule has 10 heteroatoms. The Balaban J connectivity index is 1.34. The Hall–Kier alpha value is -2.46. The molecule has 2 amide bonds. The van der Waals surface area contributed by atoms with Gasteiger partial charge in [0.1, 0.15) is 6.04 Å². The molecule has 5 rings (SSSR count). The van der Waals surface area contributed by atoms with Gasteiger partial charge in [0.2, 0.25) is 10.0 Å². The van der Waals surface area contributed by atoms with Crippen molar-refractivity contribution in [2.45, 2.75) is 90.1 Å². The molecule has 4 aliphatic carbocycles. The molecule has 0 radical (unpaired) electrons. The van der Waals surface area contributed by atoms with Gasteiger partial charge in [-0.2, -0.15) is 4.31 Å². The highest BCUT2D eigenvalue weighted by atomic mass is 32.2. The van der Waals surface area contributed by atoms with Crippen LogP contribution in [-0.4, -0.2) is 62.3 Å². The number of amides is 2. The van der Waals surface area contributed by atoms with Gasteiger partial charge >= 0.3 is 5.97 Å². The van der Waals surface area contributed by atoms with E-state index in [-0.39, 0.29) is 33.7 Å². The van der Waals surface area contributed by atoms with E-state index in [1.807, 2.05) is 0 Å². The van der Waals surface area contributed by atoms with Crippen molar-refractivity contribution in [3.63, 3.8) is 0 Å². The van der Waals surface area contributed by atoms with Crippen LogP contribution in [0.5, 0.6) is 0 Å². The highest BCUT2D eigenvalue weighted by Crippen LogP contribution is 2.61. The van der Waals surface area contributed by atoms with Crippen molar-refractivity contribution in [1.29, 1.82) is 0 Å². The fraction of sp³-hybridized carbons (Fsp3) is 0.700. The van der Waals surface area contributed by atoms with E-state index >= 15 is 0 Å². The van der Waals surface area contributed by atoms with Crippen molar-refractivity contribution in [3.05, 3.63) is 29.8 Å². The molecule has 4 aliphatic rings. The highest BCUT2D eigenvalue weighted by Gasteiger charge is 2.53. The summed E-state index contributed by atoms with van der Waals surface area (Å²) in [5.74, 6) is 0.387. The quantitative estimate of drug-likeness (QED) is 0.366. The van der Waals surface area contributed by atoms with Gasteiger partial charge in [0, 0.05) is 24.7 Å². The van der Waals surface area contributed by atoms with E-state index in [4.69, 9.17) is 4.74 Å². The summed E-state index contributed by atoms with van der Waals surface area (Å²) in [6.07, 6.45) is 7.49. The molecule has 0 aromatic heterocycles. The molecule has 2 N–H and O–H groups in total. The second-order valence-corrected chi connectivity index (χ2v) is 14.4. The fourth-order valence-electron chi connectivity index (χ4n) is 7.60. The summed E-state index contributed by atoms with van der Waals surface area (Å²) in [5.41, 5.74) is 0.268. The van der Waals surface area contributed by atoms with Crippen LogP contribution in [0.2, 0.25) is 0 Å². The third-order valence-electron chi connectivity index (χ3n) is 9.37. The second kappa shape index (κ2) is 12.2. The first kappa shape index (κ1) is 30.5. The number of esters is 1. The Morgan fingerprint density at radius 3 is 2.08 bits per heavy atom. The number of sulfonamides is 1. The first-order valence-corrected chi connectivity index (χ1v) is 16.2. The number of ether oxygens (including phenoxy) is 1. The van der Waals surface area contributed by atoms with Crippen molar-refractivity contribution in [2.24, 2.45) is 29.1 Å². The van der Waals surface area contributed by atoms with Crippen molar-refractivity contribution in [2.75, 3.05) is 19.7 Å². The summed E-state index contributed by atoms with van der Waals surface area (Å²) in [6, 6.07) is 4.78. The zero-order chi connectivity index (χ0) is 29.2. The standard InChI is InChI=1S/C30H45N3O6S/c1-6-33(7-2)40(37,38)25-10-8-9-24(14-25)28(35)32-27(19(3)4)29(36)39-18-26(34)31-20(5)30-15-21-11-22(16-30)13-23(12-21)17-30/h8-10,14,19-23,27H,6-7,11-13,15-18H2,1-5H3,(H,31,34)(H,32,35)/t20-,21?,22?,23?,27+,30?/m1/s1. The Bertz CT molecular complexity index is 1170. The zero-order valence-electron chi connectivity index (χ0n) is 24.4. The molecule has 0 aliphatic heterocycles. The molecule has 222 valence electrons. The SMILES string of the molecule is CCN(CC)S(=O)(=O)c1cccc(C(=O)N[C@H](C(=O)OCC(=O)N[C@H](C)C23CC4CC(CC(C4)C2)C3)C(C)C)c1. The molecular formula is C30H45N3O6S. The average molecular weight is 576 g/mol. The van der Waals surface area contributed by atoms with E-state index in [9.17, 15) is 22.8 Å². The van der Waals surface area contributed by atoms with Crippen LogP contribution in [0.3, 0.4) is 0 Å². The van der Waals surface area contributed by atoms with Crippen LogP contribution in [0.1, 0.15) is 83.5 Å². The van der Waals surface area contributed by atoms with Crippen LogP contribution in [0.25, 0.3) is 0 Å². The summed E-state index contributed by atoms with van der Waals surface area (Å²) in [5, 5.41) is 5.77. The molecule has 1 aromatic carbocycles. The van der Waals surface area contributed by atoms with Gasteiger partial charge in [-0.15, -0.1) is 0 Å². The first-order valence-electron chi connectivity index (χ1n) is 14.8. The molecule has 0 heterocycles. The van der Waals surface area contributed by atoms with Crippen LogP contribution in [0.4, 0.5) is 0 Å². The summed E-state index contributed by atoms with van der Waals surface area (Å²) < 4.78 is 32.5. The molecule has 4 fully saturated rings. The van der Waals surface area contributed by atoms with E-state index in [2.05, 4.69) is 17.6 Å². The van der Waals surface area contributed by atoms with Crippen LogP contribution in [0.15, 0.2) is 29.2 Å². The number of carbonyl (C=O) groups excluding carboxylic acids is 3. The van der Waals surface area contributed by atoms with Gasteiger partial charge in [-0.05, 0) is 92.7 Å². The lowest BCUT2D eigenvalue weighted by Gasteiger charge is -2.59. The van der Waals surface area contributed by atoms with Crippen LogP contribution < -0.4 is 10.6 Å². The number of hydrogen-bond acceptors (Lipinski definition) is 6. The minimum absolute atomic E-state index is 0.0114. The Kier molecular flexibility index (Phi) is 9.29. The van der Waals surface area contributed by atoms with E-state index in [0.29, 0.717) is 13.1 Å². The fourth-order valence-corrected chi connectivity index (χ4v) is 9.11. The number of nitrogens with zero attached hydrogens (tertiary/aromatic N) is 1. The summed E-state index contributed by atoms with van der Waals surface area (Å²) in [6.45, 7) is 9.33. The maximum Gasteiger partial charge on any atom is 0.329 e. The highest BCUT2D eigenvalue weighted by molar-refractivity contribution is 7.89. The molecule has 9 nitrogen and oxygen atoms in total. The molecule has 0 unspecified atom stereocenters. The lowest BCUT2D eigenvalue weighted by molar-refractivity contribution is -0.152. The van der Waals surface area contributed by atoms with E-state index in [0.717, 1.165) is 17.8 Å². The second-order valence-electron chi connectivity index (χ2n) is 12.5. The molecule has 40 heavy (non-hydrogen) atoms. The minimum Gasteiger partial charge on any atom is -0.454 e. The van der Waals surface area contributed by atoms with Gasteiger partial charge in [0.15, 0.2) is 6.61 Å². The zero-order valence-corrected chi connectivity index (χ0v) is 25.3. The van der Waals surface area contributed by atoms with Crippen LogP contribution in [-0.2, 0) is 24.3 Å². The Morgan fingerprint density at radius 1 is 0.975 bits per heavy atom. The van der Waals surface area contributed by atoms with Gasteiger partial charge in [-0.25, -0.2) is 13.2 Å². The van der Waals surface area contributed by atoms with E-state index in [1.165, 1.54) is 67.1 Å². The maximum absolute atomic E-state index is 13.0. The number of nitrogens with one attached hydrogen (secondary N) is 2. The predicted octanol–water partition coefficient (Wildman–Crippen LogP) is 3.74. The summed E-state index contributed by atoms with van der Waals surface area (Å²) in [4.78, 5) is 38.8. The van der Waals surface area contributed by atoms with Gasteiger partial charge in [-0.3, -0.25) is 9.59 Å². The van der Waals surface area contributed by atoms with E-state index < -0.39 is 34.5 Å². The minimum atomic E-state index is -3.74. The van der Waals surface area contributed by atoms with Gasteiger partial charge in [0.25, 0.3) is 11.8 Å². The Morgan fingerprint density at radius 2 is 1.55 bits per heavy atom. The number of rotatable bonds is 12. The summed E-state index contributed by atoms with van der Waals surface area (Å²) >= 11 is 0. The summed E-state index contributed by atoms with van der Waals surface area (Å²) in [7, 11) is -3.74. The van der Waals surface area contributed by atoms with Crippen molar-refractivity contribution in [3.8, 4) is 0 Å². The van der Waals surface area contributed by atoms with Crippen molar-refractivity contribution >= 4 is 27.8 Å². The number of benzene rings is 1. The third-order valence-corrected chi connectivity index (χ3v) is 11.4. The monoisotopic (exact) mass is 575 g/mol. The first-order chi connectivity index (χ1) is 18.9. The molecule has 1 aromatic rings. The van der Waals surface area contributed by atoms with Gasteiger partial charge < -0.3 is 15.4 Å². The topological polar surface area (TPSA) is 122 Å². The number of hydrogen-bond donors (Lipinski definition) is 2. The molecule has 0 saturated heterocycles. The molecule has 2 atom stereocenters. The predicted molar refractivity (Wildman–Crippen MR) is 152 cm³/mol. The van der Waals surface area contributed by atoms with Crippen LogP contribution >= 0.6 is 0 Å². The molecule has 4 bridgehead atoms. The Labute approximate surface area is 238 Å². The lowest BCUT2D eigenvalue weighted by atomic mass is 9.48. The van der Waals surface area contributed by atoms with Gasteiger partial charge in [-0.1, -0.05) is 33.8 Å². The smallest absolute Gasteiger partial charge is 0.329 e. The van der Waals surface area contributed by atoms with Crippen molar-refractivity contribution in [1.82, 2.24) is 14.9 Å². The normalized spacial score (nSPS) is 26.9. The number of carbonyl (C=O) groups is 3. The van der Waals surface area contributed by atoms with Gasteiger partial charge in [0.05, 0.1) is 4.90 Å².